The Morgan fingerprint density at radius 2 is 1.81 bits per heavy atom. The average Bonchev–Trinajstić information content (AvgIpc) is 3.18. The van der Waals surface area contributed by atoms with Gasteiger partial charge in [-0.05, 0) is 51.5 Å². The monoisotopic (exact) mass is 423 g/mol. The van der Waals surface area contributed by atoms with Crippen molar-refractivity contribution in [2.24, 2.45) is 0 Å². The third-order valence-corrected chi connectivity index (χ3v) is 5.29. The van der Waals surface area contributed by atoms with E-state index < -0.39 is 12.6 Å². The molecule has 7 nitrogen and oxygen atoms in total. The highest BCUT2D eigenvalue weighted by atomic mass is 16.5. The van der Waals surface area contributed by atoms with Crippen LogP contribution in [0, 0.1) is 39.0 Å². The first-order valence-electron chi connectivity index (χ1n) is 10.0. The van der Waals surface area contributed by atoms with Crippen molar-refractivity contribution in [3.63, 3.8) is 0 Å². The van der Waals surface area contributed by atoms with Gasteiger partial charge in [-0.1, -0.05) is 6.08 Å². The normalized spacial score (nSPS) is 11.3. The topological polar surface area (TPSA) is 86.3 Å². The Morgan fingerprint density at radius 1 is 1.13 bits per heavy atom. The maximum Gasteiger partial charge on any atom is 0.349 e. The molecule has 164 valence electrons. The third-order valence-electron chi connectivity index (χ3n) is 5.29. The molecule has 0 aromatic carbocycles. The Morgan fingerprint density at radius 3 is 2.42 bits per heavy atom. The fourth-order valence-electron chi connectivity index (χ4n) is 3.57. The highest BCUT2D eigenvalue weighted by molar-refractivity contribution is 6.02. The van der Waals surface area contributed by atoms with E-state index in [4.69, 9.17) is 9.47 Å². The van der Waals surface area contributed by atoms with Crippen LogP contribution in [-0.2, 0) is 27.4 Å². The molecule has 2 rings (SSSR count). The van der Waals surface area contributed by atoms with Gasteiger partial charge in [0.2, 0.25) is 5.78 Å². The van der Waals surface area contributed by atoms with E-state index in [0.29, 0.717) is 25.3 Å². The van der Waals surface area contributed by atoms with E-state index in [1.165, 1.54) is 6.08 Å². The first kappa shape index (κ1) is 23.9. The molecular formula is C24H29N3O4. The van der Waals surface area contributed by atoms with E-state index in [1.54, 1.807) is 19.3 Å². The lowest BCUT2D eigenvalue weighted by molar-refractivity contribution is -0.137. The summed E-state index contributed by atoms with van der Waals surface area (Å²) in [5.41, 5.74) is 4.72. The van der Waals surface area contributed by atoms with E-state index in [9.17, 15) is 14.9 Å². The lowest BCUT2D eigenvalue weighted by Gasteiger charge is -2.08. The number of carbonyl (C=O) groups is 2. The number of methoxy groups -OCH3 is 1. The number of rotatable bonds is 10. The van der Waals surface area contributed by atoms with Gasteiger partial charge in [-0.15, -0.1) is 6.58 Å². The van der Waals surface area contributed by atoms with Gasteiger partial charge in [-0.2, -0.15) is 5.26 Å². The minimum absolute atomic E-state index is 0.156. The van der Waals surface area contributed by atoms with Gasteiger partial charge >= 0.3 is 5.97 Å². The van der Waals surface area contributed by atoms with Crippen LogP contribution in [0.1, 0.15) is 38.7 Å². The molecule has 2 aromatic rings. The van der Waals surface area contributed by atoms with Crippen LogP contribution in [0.2, 0.25) is 0 Å². The van der Waals surface area contributed by atoms with Gasteiger partial charge in [0, 0.05) is 48.5 Å². The summed E-state index contributed by atoms with van der Waals surface area (Å²) in [5, 5.41) is 9.45. The first-order chi connectivity index (χ1) is 14.7. The second-order valence-electron chi connectivity index (χ2n) is 7.32. The number of esters is 1. The van der Waals surface area contributed by atoms with Crippen molar-refractivity contribution in [2.45, 2.75) is 40.8 Å². The zero-order valence-electron chi connectivity index (χ0n) is 18.8. The second-order valence-corrected chi connectivity index (χ2v) is 7.32. The maximum absolute atomic E-state index is 12.6. The Bertz CT molecular complexity index is 1060. The Labute approximate surface area is 183 Å². The van der Waals surface area contributed by atoms with Crippen LogP contribution in [0.25, 0.3) is 6.08 Å². The van der Waals surface area contributed by atoms with Crippen molar-refractivity contribution < 1.29 is 19.1 Å². The molecule has 0 aliphatic heterocycles. The van der Waals surface area contributed by atoms with Crippen LogP contribution in [0.15, 0.2) is 30.4 Å². The number of aryl methyl sites for hydroxylation is 2. The first-order valence-corrected chi connectivity index (χ1v) is 10.0. The molecule has 7 heteroatoms. The summed E-state index contributed by atoms with van der Waals surface area (Å²) in [6.45, 7) is 12.7. The van der Waals surface area contributed by atoms with Crippen molar-refractivity contribution in [3.05, 3.63) is 64.3 Å². The molecule has 2 aromatic heterocycles. The van der Waals surface area contributed by atoms with E-state index in [1.807, 2.05) is 44.4 Å². The van der Waals surface area contributed by atoms with Crippen LogP contribution in [0.5, 0.6) is 0 Å². The maximum atomic E-state index is 12.6. The molecule has 0 saturated carbocycles. The fraction of sp³-hybridized carbons (Fsp3) is 0.375. The molecule has 0 N–H and O–H groups in total. The smallest absolute Gasteiger partial charge is 0.349 e. The summed E-state index contributed by atoms with van der Waals surface area (Å²) in [4.78, 5) is 25.0. The van der Waals surface area contributed by atoms with Gasteiger partial charge in [0.15, 0.2) is 6.61 Å². The average molecular weight is 424 g/mol. The number of nitriles is 1. The Kier molecular flexibility index (Phi) is 8.17. The fourth-order valence-corrected chi connectivity index (χ4v) is 3.57. The number of ketones is 1. The summed E-state index contributed by atoms with van der Waals surface area (Å²) < 4.78 is 14.3. The zero-order chi connectivity index (χ0) is 23.1. The highest BCUT2D eigenvalue weighted by Crippen LogP contribution is 2.19. The van der Waals surface area contributed by atoms with Crippen LogP contribution >= 0.6 is 0 Å². The number of nitrogens with zero attached hydrogens (tertiary/aromatic N) is 3. The highest BCUT2D eigenvalue weighted by Gasteiger charge is 2.19. The second kappa shape index (κ2) is 10.6. The lowest BCUT2D eigenvalue weighted by Crippen LogP contribution is -2.16. The minimum Gasteiger partial charge on any atom is -0.453 e. The summed E-state index contributed by atoms with van der Waals surface area (Å²) in [6.07, 6.45) is 3.25. The molecule has 0 unspecified atom stereocenters. The van der Waals surface area contributed by atoms with E-state index in [2.05, 4.69) is 11.1 Å². The van der Waals surface area contributed by atoms with Crippen LogP contribution < -0.4 is 0 Å². The number of hydrogen-bond acceptors (Lipinski definition) is 5. The quantitative estimate of drug-likeness (QED) is 0.191. The molecule has 0 bridgehead atoms. The zero-order valence-corrected chi connectivity index (χ0v) is 18.8. The van der Waals surface area contributed by atoms with Crippen LogP contribution in [0.3, 0.4) is 0 Å². The Hall–Kier alpha value is -3.37. The molecule has 0 radical (unpaired) electrons. The van der Waals surface area contributed by atoms with Gasteiger partial charge in [-0.3, -0.25) is 4.79 Å². The van der Waals surface area contributed by atoms with Gasteiger partial charge < -0.3 is 18.6 Å². The van der Waals surface area contributed by atoms with E-state index in [0.717, 1.165) is 28.3 Å². The standard InChI is InChI=1S/C24H29N3O4/c1-7-8-26-17(3)12-22(19(26)5)23(28)15-31-24(29)21(14-25)13-20-11-16(2)27(18(20)4)9-10-30-6/h7,11-13H,1,8-10,15H2,2-6H3/b21-13+. The molecule has 0 aliphatic carbocycles. The third kappa shape index (κ3) is 5.41. The number of ether oxygens (including phenoxy) is 2. The summed E-state index contributed by atoms with van der Waals surface area (Å²) in [5.74, 6) is -1.13. The van der Waals surface area contributed by atoms with Crippen LogP contribution in [0.4, 0.5) is 0 Å². The summed E-state index contributed by atoms with van der Waals surface area (Å²) >= 11 is 0. The summed E-state index contributed by atoms with van der Waals surface area (Å²) in [7, 11) is 1.64. The predicted octanol–water partition coefficient (Wildman–Crippen LogP) is 3.69. The molecular weight excluding hydrogens is 394 g/mol. The van der Waals surface area contributed by atoms with Crippen molar-refractivity contribution in [1.29, 1.82) is 5.26 Å². The minimum atomic E-state index is -0.822. The molecule has 0 fully saturated rings. The van der Waals surface area contributed by atoms with Gasteiger partial charge in [0.1, 0.15) is 11.6 Å². The van der Waals surface area contributed by atoms with E-state index in [-0.39, 0.29) is 11.4 Å². The number of allylic oxidation sites excluding steroid dienone is 1. The molecule has 2 heterocycles. The van der Waals surface area contributed by atoms with Gasteiger partial charge in [0.25, 0.3) is 0 Å². The van der Waals surface area contributed by atoms with E-state index >= 15 is 0 Å². The molecule has 31 heavy (non-hydrogen) atoms. The van der Waals surface area contributed by atoms with Crippen molar-refractivity contribution in [2.75, 3.05) is 20.3 Å². The largest absolute Gasteiger partial charge is 0.453 e. The number of Topliss-reactive ketones (excluding diaryl/α,β-unsaturated/α-hetero) is 1. The Balaban J connectivity index is 2.14. The van der Waals surface area contributed by atoms with Gasteiger partial charge in [-0.25, -0.2) is 4.79 Å². The van der Waals surface area contributed by atoms with Crippen LogP contribution in [-0.4, -0.2) is 41.2 Å². The number of carbonyl (C=O) groups excluding carboxylic acids is 2. The predicted molar refractivity (Wildman–Crippen MR) is 119 cm³/mol. The van der Waals surface area contributed by atoms with Gasteiger partial charge in [0.05, 0.1) is 6.61 Å². The number of hydrogen-bond donors (Lipinski definition) is 0. The SMILES string of the molecule is C=CCn1c(C)cc(C(=O)COC(=O)/C(C#N)=C/c2cc(C)n(CCOC)c2C)c1C. The van der Waals surface area contributed by atoms with Crippen molar-refractivity contribution >= 4 is 17.8 Å². The summed E-state index contributed by atoms with van der Waals surface area (Å²) in [6, 6.07) is 5.55. The molecule has 0 amide bonds. The molecule has 0 atom stereocenters. The number of aromatic nitrogens is 2. The lowest BCUT2D eigenvalue weighted by atomic mass is 10.1. The molecule has 0 spiro atoms. The molecule has 0 saturated heterocycles. The van der Waals surface area contributed by atoms with Crippen molar-refractivity contribution in [3.8, 4) is 6.07 Å². The molecule has 0 aliphatic rings. The van der Waals surface area contributed by atoms with Crippen molar-refractivity contribution in [1.82, 2.24) is 9.13 Å².